The average Bonchev–Trinajstić information content (AvgIpc) is 2.81. The molecule has 1 unspecified atom stereocenters. The van der Waals surface area contributed by atoms with Crippen LogP contribution in [0, 0.1) is 15.5 Å². The Morgan fingerprint density at radius 3 is 2.80 bits per heavy atom. The number of nitro groups is 1. The highest BCUT2D eigenvalue weighted by Gasteiger charge is 2.35. The van der Waals surface area contributed by atoms with Gasteiger partial charge < -0.3 is 15.7 Å². The number of carbonyl (C=O) groups is 1. The molecule has 1 atom stereocenters. The van der Waals surface area contributed by atoms with E-state index in [1.54, 1.807) is 4.90 Å². The van der Waals surface area contributed by atoms with Crippen molar-refractivity contribution in [2.45, 2.75) is 13.3 Å². The van der Waals surface area contributed by atoms with E-state index in [0.717, 1.165) is 18.6 Å². The number of nitrogens with two attached hydrogens (primary N) is 1. The van der Waals surface area contributed by atoms with Gasteiger partial charge in [0, 0.05) is 24.7 Å². The van der Waals surface area contributed by atoms with Gasteiger partial charge in [0.2, 0.25) is 0 Å². The molecule has 0 radical (unpaired) electrons. The lowest BCUT2D eigenvalue weighted by atomic mass is 9.90. The fourth-order valence-corrected chi connectivity index (χ4v) is 2.36. The van der Waals surface area contributed by atoms with Crippen molar-refractivity contribution in [3.05, 3.63) is 33.9 Å². The molecule has 2 rings (SSSR count). The maximum absolute atomic E-state index is 12.3. The number of phenols is 1. The number of benzene rings is 1. The van der Waals surface area contributed by atoms with Crippen LogP contribution in [0.2, 0.25) is 0 Å². The molecule has 0 aromatic heterocycles. The largest absolute Gasteiger partial charge is 0.502 e. The molecular weight excluding hydrogens is 262 g/mol. The first-order valence-corrected chi connectivity index (χ1v) is 6.33. The lowest BCUT2D eigenvalue weighted by Crippen LogP contribution is -2.34. The van der Waals surface area contributed by atoms with Crippen molar-refractivity contribution in [2.24, 2.45) is 11.1 Å². The van der Waals surface area contributed by atoms with Crippen LogP contribution in [0.1, 0.15) is 23.7 Å². The van der Waals surface area contributed by atoms with Crippen LogP contribution >= 0.6 is 0 Å². The first kappa shape index (κ1) is 14.3. The Morgan fingerprint density at radius 2 is 2.30 bits per heavy atom. The zero-order valence-corrected chi connectivity index (χ0v) is 11.2. The molecule has 1 heterocycles. The van der Waals surface area contributed by atoms with Crippen molar-refractivity contribution in [1.82, 2.24) is 4.90 Å². The van der Waals surface area contributed by atoms with Gasteiger partial charge in [-0.1, -0.05) is 6.92 Å². The molecule has 0 saturated carbocycles. The van der Waals surface area contributed by atoms with Gasteiger partial charge in [0.1, 0.15) is 0 Å². The van der Waals surface area contributed by atoms with Crippen molar-refractivity contribution in [3.63, 3.8) is 0 Å². The highest BCUT2D eigenvalue weighted by molar-refractivity contribution is 5.95. The first-order valence-electron chi connectivity index (χ1n) is 6.33. The standard InChI is InChI=1S/C13H17N3O4/c1-13(7-14)4-5-15(8-13)12(18)9-2-3-10(16(19)20)11(17)6-9/h2-3,6,17H,4-5,7-8,14H2,1H3. The summed E-state index contributed by atoms with van der Waals surface area (Å²) in [7, 11) is 0. The summed E-state index contributed by atoms with van der Waals surface area (Å²) in [6.07, 6.45) is 0.828. The number of hydrogen-bond donors (Lipinski definition) is 2. The SMILES string of the molecule is CC1(CN)CCN(C(=O)c2ccc([N+](=O)[O-])c(O)c2)C1. The minimum absolute atomic E-state index is 0.0848. The molecule has 1 aliphatic heterocycles. The molecule has 20 heavy (non-hydrogen) atoms. The summed E-state index contributed by atoms with van der Waals surface area (Å²) < 4.78 is 0. The third kappa shape index (κ3) is 2.57. The van der Waals surface area contributed by atoms with Crippen molar-refractivity contribution < 1.29 is 14.8 Å². The number of carbonyl (C=O) groups excluding carboxylic acids is 1. The minimum atomic E-state index is -0.690. The molecule has 1 amide bonds. The van der Waals surface area contributed by atoms with Gasteiger partial charge in [-0.3, -0.25) is 14.9 Å². The van der Waals surface area contributed by atoms with Crippen LogP contribution < -0.4 is 5.73 Å². The lowest BCUT2D eigenvalue weighted by Gasteiger charge is -2.22. The molecule has 1 fully saturated rings. The minimum Gasteiger partial charge on any atom is -0.502 e. The summed E-state index contributed by atoms with van der Waals surface area (Å²) >= 11 is 0. The second-order valence-corrected chi connectivity index (χ2v) is 5.45. The molecule has 108 valence electrons. The molecule has 1 aliphatic rings. The highest BCUT2D eigenvalue weighted by Crippen LogP contribution is 2.31. The summed E-state index contributed by atoms with van der Waals surface area (Å²) in [5, 5.41) is 20.2. The fraction of sp³-hybridized carbons (Fsp3) is 0.462. The number of phenolic OH excluding ortho intramolecular Hbond substituents is 1. The molecule has 1 aromatic rings. The van der Waals surface area contributed by atoms with Crippen LogP contribution in [0.25, 0.3) is 0 Å². The Balaban J connectivity index is 2.19. The van der Waals surface area contributed by atoms with E-state index < -0.39 is 16.4 Å². The zero-order chi connectivity index (χ0) is 14.9. The van der Waals surface area contributed by atoms with Crippen LogP contribution in [0.15, 0.2) is 18.2 Å². The number of hydrogen-bond acceptors (Lipinski definition) is 5. The van der Waals surface area contributed by atoms with Gasteiger partial charge in [0.25, 0.3) is 5.91 Å². The zero-order valence-electron chi connectivity index (χ0n) is 11.2. The topological polar surface area (TPSA) is 110 Å². The third-order valence-corrected chi connectivity index (χ3v) is 3.76. The molecule has 7 nitrogen and oxygen atoms in total. The Bertz CT molecular complexity index is 561. The Hall–Kier alpha value is -2.15. The Morgan fingerprint density at radius 1 is 1.60 bits per heavy atom. The van der Waals surface area contributed by atoms with E-state index in [-0.39, 0.29) is 16.9 Å². The number of rotatable bonds is 3. The number of amides is 1. The molecule has 0 spiro atoms. The molecule has 3 N–H and O–H groups in total. The van der Waals surface area contributed by atoms with E-state index in [1.807, 2.05) is 6.92 Å². The van der Waals surface area contributed by atoms with Crippen molar-refractivity contribution in [1.29, 1.82) is 0 Å². The van der Waals surface area contributed by atoms with Crippen molar-refractivity contribution in [2.75, 3.05) is 19.6 Å². The van der Waals surface area contributed by atoms with Gasteiger partial charge in [-0.05, 0) is 30.5 Å². The average molecular weight is 279 g/mol. The smallest absolute Gasteiger partial charge is 0.310 e. The molecular formula is C13H17N3O4. The van der Waals surface area contributed by atoms with Crippen LogP contribution in [0.4, 0.5) is 5.69 Å². The van der Waals surface area contributed by atoms with E-state index in [2.05, 4.69) is 0 Å². The van der Waals surface area contributed by atoms with Crippen LogP contribution in [-0.4, -0.2) is 40.5 Å². The number of aromatic hydroxyl groups is 1. The van der Waals surface area contributed by atoms with Gasteiger partial charge in [-0.15, -0.1) is 0 Å². The second-order valence-electron chi connectivity index (χ2n) is 5.45. The summed E-state index contributed by atoms with van der Waals surface area (Å²) in [6, 6.07) is 3.64. The Labute approximate surface area is 116 Å². The van der Waals surface area contributed by atoms with Gasteiger partial charge in [-0.25, -0.2) is 0 Å². The first-order chi connectivity index (χ1) is 9.36. The number of likely N-dealkylation sites (tertiary alicyclic amines) is 1. The molecule has 7 heteroatoms. The molecule has 1 aromatic carbocycles. The number of nitrogens with zero attached hydrogens (tertiary/aromatic N) is 2. The lowest BCUT2D eigenvalue weighted by molar-refractivity contribution is -0.385. The summed E-state index contributed by atoms with van der Waals surface area (Å²) in [6.45, 7) is 3.68. The predicted octanol–water partition coefficient (Wildman–Crippen LogP) is 1.11. The quantitative estimate of drug-likeness (QED) is 0.636. The van der Waals surface area contributed by atoms with E-state index >= 15 is 0 Å². The fourth-order valence-electron chi connectivity index (χ4n) is 2.36. The number of nitro benzene ring substituents is 1. The Kier molecular flexibility index (Phi) is 3.63. The molecule has 0 bridgehead atoms. The highest BCUT2D eigenvalue weighted by atomic mass is 16.6. The normalized spacial score (nSPS) is 22.0. The summed E-state index contributed by atoms with van der Waals surface area (Å²) in [4.78, 5) is 23.9. The van der Waals surface area contributed by atoms with Crippen molar-refractivity contribution >= 4 is 11.6 Å². The second kappa shape index (κ2) is 5.09. The van der Waals surface area contributed by atoms with E-state index in [9.17, 15) is 20.0 Å². The summed E-state index contributed by atoms with van der Waals surface area (Å²) in [5.41, 5.74) is 5.45. The van der Waals surface area contributed by atoms with Crippen LogP contribution in [0.3, 0.4) is 0 Å². The van der Waals surface area contributed by atoms with E-state index in [0.29, 0.717) is 19.6 Å². The van der Waals surface area contributed by atoms with Gasteiger partial charge in [0.05, 0.1) is 4.92 Å². The van der Waals surface area contributed by atoms with Crippen LogP contribution in [0.5, 0.6) is 5.75 Å². The van der Waals surface area contributed by atoms with Crippen LogP contribution in [-0.2, 0) is 0 Å². The van der Waals surface area contributed by atoms with Gasteiger partial charge in [-0.2, -0.15) is 0 Å². The molecule has 0 aliphatic carbocycles. The van der Waals surface area contributed by atoms with Gasteiger partial charge >= 0.3 is 5.69 Å². The van der Waals surface area contributed by atoms with E-state index in [1.165, 1.54) is 6.07 Å². The maximum Gasteiger partial charge on any atom is 0.310 e. The maximum atomic E-state index is 12.3. The summed E-state index contributed by atoms with van der Waals surface area (Å²) in [5.74, 6) is -0.742. The third-order valence-electron chi connectivity index (χ3n) is 3.76. The molecule has 1 saturated heterocycles. The van der Waals surface area contributed by atoms with E-state index in [4.69, 9.17) is 5.73 Å². The van der Waals surface area contributed by atoms with Crippen molar-refractivity contribution in [3.8, 4) is 5.75 Å². The predicted molar refractivity (Wildman–Crippen MR) is 72.4 cm³/mol. The monoisotopic (exact) mass is 279 g/mol. The van der Waals surface area contributed by atoms with Gasteiger partial charge in [0.15, 0.2) is 5.75 Å².